The van der Waals surface area contributed by atoms with Crippen LogP contribution in [0.3, 0.4) is 0 Å². The second-order valence-electron chi connectivity index (χ2n) is 6.72. The summed E-state index contributed by atoms with van der Waals surface area (Å²) in [5.74, 6) is 0.943. The lowest BCUT2D eigenvalue weighted by atomic mass is 9.61. The van der Waals surface area contributed by atoms with Gasteiger partial charge in [0.05, 0.1) is 6.10 Å². The van der Waals surface area contributed by atoms with Crippen LogP contribution < -0.4 is 5.32 Å². The number of hydrogen-bond acceptors (Lipinski definition) is 2. The van der Waals surface area contributed by atoms with Gasteiger partial charge in [-0.3, -0.25) is 0 Å². The van der Waals surface area contributed by atoms with E-state index in [1.165, 1.54) is 38.5 Å². The van der Waals surface area contributed by atoms with E-state index in [4.69, 9.17) is 4.74 Å². The molecule has 0 aromatic heterocycles. The predicted octanol–water partition coefficient (Wildman–Crippen LogP) is 3.75. The molecule has 1 N–H and O–H groups in total. The van der Waals surface area contributed by atoms with Gasteiger partial charge in [0.25, 0.3) is 0 Å². The van der Waals surface area contributed by atoms with Crippen LogP contribution in [0.4, 0.5) is 0 Å². The van der Waals surface area contributed by atoms with Crippen molar-refractivity contribution in [1.29, 1.82) is 0 Å². The first kappa shape index (κ1) is 14.3. The molecule has 0 saturated heterocycles. The smallest absolute Gasteiger partial charge is 0.0658 e. The van der Waals surface area contributed by atoms with Crippen molar-refractivity contribution in [2.45, 2.75) is 84.4 Å². The summed E-state index contributed by atoms with van der Waals surface area (Å²) in [6.45, 7) is 10.1. The van der Waals surface area contributed by atoms with Crippen LogP contribution in [-0.4, -0.2) is 24.8 Å². The van der Waals surface area contributed by atoms with Gasteiger partial charge in [-0.25, -0.2) is 0 Å². The van der Waals surface area contributed by atoms with E-state index in [1.54, 1.807) is 0 Å². The minimum absolute atomic E-state index is 0.360. The van der Waals surface area contributed by atoms with E-state index < -0.39 is 0 Å². The van der Waals surface area contributed by atoms with Gasteiger partial charge in [0.15, 0.2) is 0 Å². The van der Waals surface area contributed by atoms with Crippen LogP contribution in [0.15, 0.2) is 0 Å². The van der Waals surface area contributed by atoms with Crippen molar-refractivity contribution >= 4 is 0 Å². The van der Waals surface area contributed by atoms with Crippen LogP contribution >= 0.6 is 0 Å². The van der Waals surface area contributed by atoms with E-state index in [0.29, 0.717) is 17.6 Å². The third-order valence-corrected chi connectivity index (χ3v) is 5.56. The molecular formula is C16H31NO. The van der Waals surface area contributed by atoms with Crippen LogP contribution in [0.5, 0.6) is 0 Å². The Kier molecular flexibility index (Phi) is 4.71. The Bertz CT molecular complexity index is 260. The summed E-state index contributed by atoms with van der Waals surface area (Å²) in [5.41, 5.74) is 0.360. The van der Waals surface area contributed by atoms with Gasteiger partial charge in [-0.2, -0.15) is 0 Å². The zero-order valence-electron chi connectivity index (χ0n) is 12.7. The highest BCUT2D eigenvalue weighted by molar-refractivity contribution is 5.05. The molecule has 3 unspecified atom stereocenters. The van der Waals surface area contributed by atoms with Gasteiger partial charge >= 0.3 is 0 Å². The van der Waals surface area contributed by atoms with Gasteiger partial charge in [0.1, 0.15) is 0 Å². The number of ether oxygens (including phenoxy) is 1. The highest BCUT2D eigenvalue weighted by Crippen LogP contribution is 2.46. The fourth-order valence-corrected chi connectivity index (χ4v) is 3.72. The van der Waals surface area contributed by atoms with Crippen molar-refractivity contribution in [3.05, 3.63) is 0 Å². The normalized spacial score (nSPS) is 44.7. The maximum Gasteiger partial charge on any atom is 0.0658 e. The first-order chi connectivity index (χ1) is 8.60. The Hall–Kier alpha value is -0.0800. The van der Waals surface area contributed by atoms with Crippen molar-refractivity contribution in [3.63, 3.8) is 0 Å². The van der Waals surface area contributed by atoms with Gasteiger partial charge < -0.3 is 10.1 Å². The van der Waals surface area contributed by atoms with Crippen LogP contribution in [-0.2, 0) is 4.74 Å². The molecule has 2 rings (SSSR count). The Morgan fingerprint density at radius 2 is 1.83 bits per heavy atom. The summed E-state index contributed by atoms with van der Waals surface area (Å²) >= 11 is 0. The molecule has 2 nitrogen and oxygen atoms in total. The fraction of sp³-hybridized carbons (Fsp3) is 1.00. The zero-order valence-corrected chi connectivity index (χ0v) is 12.7. The Balaban J connectivity index is 1.83. The molecule has 0 spiro atoms. The third-order valence-electron chi connectivity index (χ3n) is 5.56. The van der Waals surface area contributed by atoms with Crippen molar-refractivity contribution in [3.8, 4) is 0 Å². The highest BCUT2D eigenvalue weighted by Gasteiger charge is 2.51. The SMILES string of the molecule is CCOC1CC(NC2CCC(C)CC2)C1(C)CC. The molecule has 0 radical (unpaired) electrons. The maximum absolute atomic E-state index is 5.88. The molecule has 2 heteroatoms. The van der Waals surface area contributed by atoms with E-state index in [9.17, 15) is 0 Å². The summed E-state index contributed by atoms with van der Waals surface area (Å²) < 4.78 is 5.88. The predicted molar refractivity (Wildman–Crippen MR) is 76.8 cm³/mol. The van der Waals surface area contributed by atoms with Crippen molar-refractivity contribution < 1.29 is 4.74 Å². The molecule has 0 amide bonds. The lowest BCUT2D eigenvalue weighted by molar-refractivity contribution is -0.128. The molecular weight excluding hydrogens is 222 g/mol. The lowest BCUT2D eigenvalue weighted by Gasteiger charge is -2.55. The van der Waals surface area contributed by atoms with Gasteiger partial charge in [0.2, 0.25) is 0 Å². The molecule has 0 heterocycles. The van der Waals surface area contributed by atoms with Crippen LogP contribution in [0, 0.1) is 11.3 Å². The average Bonchev–Trinajstić information content (AvgIpc) is 2.39. The second-order valence-corrected chi connectivity index (χ2v) is 6.72. The topological polar surface area (TPSA) is 21.3 Å². The minimum Gasteiger partial charge on any atom is -0.378 e. The van der Waals surface area contributed by atoms with Crippen molar-refractivity contribution in [2.24, 2.45) is 11.3 Å². The molecule has 0 aromatic rings. The summed E-state index contributed by atoms with van der Waals surface area (Å²) in [6.07, 6.45) is 8.47. The molecule has 106 valence electrons. The standard InChI is InChI=1S/C16H31NO/c1-5-16(4)14(11-15(16)18-6-2)17-13-9-7-12(3)8-10-13/h12-15,17H,5-11H2,1-4H3. The van der Waals surface area contributed by atoms with E-state index in [1.807, 2.05) is 0 Å². The van der Waals surface area contributed by atoms with Crippen molar-refractivity contribution in [2.75, 3.05) is 6.61 Å². The lowest BCUT2D eigenvalue weighted by Crippen LogP contribution is -2.64. The summed E-state index contributed by atoms with van der Waals surface area (Å²) in [5, 5.41) is 3.93. The highest BCUT2D eigenvalue weighted by atomic mass is 16.5. The molecule has 2 saturated carbocycles. The van der Waals surface area contributed by atoms with E-state index in [2.05, 4.69) is 33.0 Å². The van der Waals surface area contributed by atoms with E-state index in [0.717, 1.165) is 18.6 Å². The second kappa shape index (κ2) is 5.92. The minimum atomic E-state index is 0.360. The first-order valence-electron chi connectivity index (χ1n) is 7.97. The van der Waals surface area contributed by atoms with Crippen LogP contribution in [0.25, 0.3) is 0 Å². The van der Waals surface area contributed by atoms with Crippen LogP contribution in [0.2, 0.25) is 0 Å². The molecule has 2 aliphatic carbocycles. The molecule has 18 heavy (non-hydrogen) atoms. The molecule has 0 aliphatic heterocycles. The fourth-order valence-electron chi connectivity index (χ4n) is 3.72. The molecule has 3 atom stereocenters. The van der Waals surface area contributed by atoms with Gasteiger partial charge in [-0.15, -0.1) is 0 Å². The van der Waals surface area contributed by atoms with Gasteiger partial charge in [-0.1, -0.05) is 20.8 Å². The number of rotatable bonds is 5. The largest absolute Gasteiger partial charge is 0.378 e. The summed E-state index contributed by atoms with van der Waals surface area (Å²) in [7, 11) is 0. The van der Waals surface area contributed by atoms with E-state index in [-0.39, 0.29) is 0 Å². The zero-order chi connectivity index (χ0) is 13.2. The average molecular weight is 253 g/mol. The van der Waals surface area contributed by atoms with E-state index >= 15 is 0 Å². The first-order valence-corrected chi connectivity index (χ1v) is 7.97. The number of nitrogens with one attached hydrogen (secondary N) is 1. The Labute approximate surface area is 113 Å². The quantitative estimate of drug-likeness (QED) is 0.805. The summed E-state index contributed by atoms with van der Waals surface area (Å²) in [4.78, 5) is 0. The van der Waals surface area contributed by atoms with Crippen LogP contribution in [0.1, 0.15) is 66.2 Å². The summed E-state index contributed by atoms with van der Waals surface area (Å²) in [6, 6.07) is 1.44. The molecule has 0 bridgehead atoms. The molecule has 2 fully saturated rings. The Morgan fingerprint density at radius 1 is 1.17 bits per heavy atom. The van der Waals surface area contributed by atoms with Gasteiger partial charge in [-0.05, 0) is 51.4 Å². The monoisotopic (exact) mass is 253 g/mol. The third kappa shape index (κ3) is 2.75. The molecule has 0 aromatic carbocycles. The Morgan fingerprint density at radius 3 is 2.39 bits per heavy atom. The van der Waals surface area contributed by atoms with Gasteiger partial charge in [0, 0.05) is 24.1 Å². The number of hydrogen-bond donors (Lipinski definition) is 1. The molecule has 2 aliphatic rings. The van der Waals surface area contributed by atoms with Crippen molar-refractivity contribution in [1.82, 2.24) is 5.32 Å². The maximum atomic E-state index is 5.88.